The van der Waals surface area contributed by atoms with Gasteiger partial charge in [0.1, 0.15) is 11.5 Å². The number of furan rings is 1. The number of ether oxygens (including phenoxy) is 1. The molecule has 1 N–H and O–H groups in total. The van der Waals surface area contributed by atoms with E-state index in [1.165, 1.54) is 5.56 Å². The summed E-state index contributed by atoms with van der Waals surface area (Å²) in [6.07, 6.45) is 1.37. The summed E-state index contributed by atoms with van der Waals surface area (Å²) in [6.45, 7) is 12.1. The maximum atomic E-state index is 5.53. The van der Waals surface area contributed by atoms with E-state index in [0.717, 1.165) is 31.1 Å². The highest BCUT2D eigenvalue weighted by Gasteiger charge is 2.11. The van der Waals surface area contributed by atoms with Crippen molar-refractivity contribution in [3.63, 3.8) is 0 Å². The van der Waals surface area contributed by atoms with E-state index in [9.17, 15) is 0 Å². The van der Waals surface area contributed by atoms with Gasteiger partial charge in [0.2, 0.25) is 0 Å². The zero-order valence-corrected chi connectivity index (χ0v) is 11.7. The van der Waals surface area contributed by atoms with Crippen LogP contribution in [0.2, 0.25) is 0 Å². The lowest BCUT2D eigenvalue weighted by atomic mass is 10.1. The van der Waals surface area contributed by atoms with Crippen molar-refractivity contribution < 1.29 is 9.15 Å². The summed E-state index contributed by atoms with van der Waals surface area (Å²) in [7, 11) is 0. The van der Waals surface area contributed by atoms with Gasteiger partial charge in [0.25, 0.3) is 0 Å². The molecule has 0 amide bonds. The first-order chi connectivity index (χ1) is 8.00. The van der Waals surface area contributed by atoms with Gasteiger partial charge in [-0.2, -0.15) is 0 Å². The standard InChI is InChI=1S/C14H25NO2/c1-10(2)16-8-6-7-15-12(4)14-9-11(3)17-13(14)5/h9-10,12,15H,6-8H2,1-5H3. The minimum atomic E-state index is 0.325. The summed E-state index contributed by atoms with van der Waals surface area (Å²) in [5.41, 5.74) is 1.26. The average Bonchev–Trinajstić information content (AvgIpc) is 2.56. The number of hydrogen-bond acceptors (Lipinski definition) is 3. The molecule has 0 fully saturated rings. The molecule has 1 aromatic rings. The third kappa shape index (κ3) is 4.92. The highest BCUT2D eigenvalue weighted by Crippen LogP contribution is 2.20. The van der Waals surface area contributed by atoms with Crippen LogP contribution in [0.4, 0.5) is 0 Å². The molecule has 1 atom stereocenters. The second-order valence-electron chi connectivity index (χ2n) is 4.82. The third-order valence-corrected chi connectivity index (χ3v) is 2.77. The van der Waals surface area contributed by atoms with Gasteiger partial charge in [-0.1, -0.05) is 0 Å². The zero-order chi connectivity index (χ0) is 12.8. The van der Waals surface area contributed by atoms with Crippen molar-refractivity contribution in [1.82, 2.24) is 5.32 Å². The SMILES string of the molecule is Cc1cc(C(C)NCCCOC(C)C)c(C)o1. The monoisotopic (exact) mass is 239 g/mol. The van der Waals surface area contributed by atoms with E-state index in [2.05, 4.69) is 32.2 Å². The van der Waals surface area contributed by atoms with Gasteiger partial charge in [0, 0.05) is 18.2 Å². The Kier molecular flexibility index (Phi) is 5.72. The van der Waals surface area contributed by atoms with Gasteiger partial charge in [-0.15, -0.1) is 0 Å². The van der Waals surface area contributed by atoms with Crippen LogP contribution in [-0.4, -0.2) is 19.3 Å². The first-order valence-corrected chi connectivity index (χ1v) is 6.42. The number of aryl methyl sites for hydroxylation is 2. The van der Waals surface area contributed by atoms with Crippen molar-refractivity contribution in [2.24, 2.45) is 0 Å². The molecule has 1 aromatic heterocycles. The highest BCUT2D eigenvalue weighted by molar-refractivity contribution is 5.23. The van der Waals surface area contributed by atoms with Crippen LogP contribution in [0.3, 0.4) is 0 Å². The zero-order valence-electron chi connectivity index (χ0n) is 11.7. The minimum Gasteiger partial charge on any atom is -0.466 e. The van der Waals surface area contributed by atoms with E-state index in [1.807, 2.05) is 13.8 Å². The first kappa shape index (κ1) is 14.3. The molecule has 3 nitrogen and oxygen atoms in total. The fourth-order valence-electron chi connectivity index (χ4n) is 1.90. The molecule has 3 heteroatoms. The quantitative estimate of drug-likeness (QED) is 0.741. The number of nitrogens with one attached hydrogen (secondary N) is 1. The summed E-state index contributed by atoms with van der Waals surface area (Å²) in [4.78, 5) is 0. The van der Waals surface area contributed by atoms with Crippen LogP contribution in [0.15, 0.2) is 10.5 Å². The van der Waals surface area contributed by atoms with Gasteiger partial charge in [-0.05, 0) is 53.7 Å². The van der Waals surface area contributed by atoms with E-state index in [-0.39, 0.29) is 0 Å². The molecule has 1 rings (SSSR count). The lowest BCUT2D eigenvalue weighted by Crippen LogP contribution is -2.21. The Balaban J connectivity index is 2.25. The maximum absolute atomic E-state index is 5.53. The van der Waals surface area contributed by atoms with Crippen LogP contribution < -0.4 is 5.32 Å². The van der Waals surface area contributed by atoms with Crippen LogP contribution >= 0.6 is 0 Å². The Labute approximate surface area is 105 Å². The van der Waals surface area contributed by atoms with Gasteiger partial charge in [0.05, 0.1) is 6.10 Å². The molecule has 1 unspecified atom stereocenters. The highest BCUT2D eigenvalue weighted by atomic mass is 16.5. The summed E-state index contributed by atoms with van der Waals surface area (Å²) in [5, 5.41) is 3.49. The van der Waals surface area contributed by atoms with E-state index < -0.39 is 0 Å². The van der Waals surface area contributed by atoms with Crippen LogP contribution in [0, 0.1) is 13.8 Å². The van der Waals surface area contributed by atoms with Gasteiger partial charge < -0.3 is 14.5 Å². The molecule has 1 heterocycles. The summed E-state index contributed by atoms with van der Waals surface area (Å²) < 4.78 is 11.0. The molecule has 0 aromatic carbocycles. The maximum Gasteiger partial charge on any atom is 0.105 e. The second kappa shape index (κ2) is 6.82. The lowest BCUT2D eigenvalue weighted by Gasteiger charge is -2.13. The smallest absolute Gasteiger partial charge is 0.105 e. The Morgan fingerprint density at radius 1 is 1.29 bits per heavy atom. The van der Waals surface area contributed by atoms with Crippen molar-refractivity contribution in [1.29, 1.82) is 0 Å². The lowest BCUT2D eigenvalue weighted by molar-refractivity contribution is 0.0768. The summed E-state index contributed by atoms with van der Waals surface area (Å²) in [6, 6.07) is 2.45. The predicted octanol–water partition coefficient (Wildman–Crippen LogP) is 3.36. The van der Waals surface area contributed by atoms with Crippen molar-refractivity contribution in [3.05, 3.63) is 23.2 Å². The Hall–Kier alpha value is -0.800. The third-order valence-electron chi connectivity index (χ3n) is 2.77. The predicted molar refractivity (Wildman–Crippen MR) is 70.3 cm³/mol. The van der Waals surface area contributed by atoms with Crippen LogP contribution in [0.1, 0.15) is 50.3 Å². The Morgan fingerprint density at radius 2 is 2.00 bits per heavy atom. The van der Waals surface area contributed by atoms with E-state index in [4.69, 9.17) is 9.15 Å². The van der Waals surface area contributed by atoms with E-state index >= 15 is 0 Å². The van der Waals surface area contributed by atoms with Gasteiger partial charge in [-0.25, -0.2) is 0 Å². The van der Waals surface area contributed by atoms with Gasteiger partial charge in [-0.3, -0.25) is 0 Å². The summed E-state index contributed by atoms with van der Waals surface area (Å²) >= 11 is 0. The molecule has 0 radical (unpaired) electrons. The number of hydrogen-bond donors (Lipinski definition) is 1. The first-order valence-electron chi connectivity index (χ1n) is 6.42. The molecule has 0 saturated carbocycles. The number of rotatable bonds is 7. The fourth-order valence-corrected chi connectivity index (χ4v) is 1.90. The van der Waals surface area contributed by atoms with E-state index in [1.54, 1.807) is 0 Å². The molecule has 0 aliphatic carbocycles. The van der Waals surface area contributed by atoms with E-state index in [0.29, 0.717) is 12.1 Å². The normalized spacial score (nSPS) is 13.3. The van der Waals surface area contributed by atoms with Crippen LogP contribution in [0.5, 0.6) is 0 Å². The molecule has 0 aliphatic heterocycles. The van der Waals surface area contributed by atoms with Crippen molar-refractivity contribution >= 4 is 0 Å². The molecule has 98 valence electrons. The van der Waals surface area contributed by atoms with Crippen molar-refractivity contribution in [2.45, 2.75) is 53.2 Å². The molecular weight excluding hydrogens is 214 g/mol. The summed E-state index contributed by atoms with van der Waals surface area (Å²) in [5.74, 6) is 2.00. The van der Waals surface area contributed by atoms with Gasteiger partial charge in [0.15, 0.2) is 0 Å². The largest absolute Gasteiger partial charge is 0.466 e. The van der Waals surface area contributed by atoms with Gasteiger partial charge >= 0.3 is 0 Å². The van der Waals surface area contributed by atoms with Crippen molar-refractivity contribution in [3.8, 4) is 0 Å². The topological polar surface area (TPSA) is 34.4 Å². The molecule has 0 bridgehead atoms. The second-order valence-corrected chi connectivity index (χ2v) is 4.82. The molecule has 17 heavy (non-hydrogen) atoms. The van der Waals surface area contributed by atoms with Crippen LogP contribution in [-0.2, 0) is 4.74 Å². The van der Waals surface area contributed by atoms with Crippen molar-refractivity contribution in [2.75, 3.05) is 13.2 Å². The fraction of sp³-hybridized carbons (Fsp3) is 0.714. The molecule has 0 spiro atoms. The average molecular weight is 239 g/mol. The Bertz CT molecular complexity index is 331. The minimum absolute atomic E-state index is 0.325. The Morgan fingerprint density at radius 3 is 2.53 bits per heavy atom. The van der Waals surface area contributed by atoms with Crippen LogP contribution in [0.25, 0.3) is 0 Å². The molecular formula is C14H25NO2. The molecule has 0 saturated heterocycles. The molecule has 0 aliphatic rings.